The van der Waals surface area contributed by atoms with Gasteiger partial charge in [-0.25, -0.2) is 9.37 Å². The smallest absolute Gasteiger partial charge is 0.223 e. The summed E-state index contributed by atoms with van der Waals surface area (Å²) >= 11 is 0. The number of hydrogen-bond donors (Lipinski definition) is 0. The molecule has 1 fully saturated rings. The lowest BCUT2D eigenvalue weighted by Gasteiger charge is -2.36. The van der Waals surface area contributed by atoms with Gasteiger partial charge in [-0.1, -0.05) is 48.5 Å². The zero-order valence-corrected chi connectivity index (χ0v) is 16.1. The van der Waals surface area contributed by atoms with Gasteiger partial charge in [0, 0.05) is 50.9 Å². The lowest BCUT2D eigenvalue weighted by atomic mass is 9.87. The van der Waals surface area contributed by atoms with Crippen LogP contribution in [0, 0.1) is 5.82 Å². The Balaban J connectivity index is 1.47. The first-order valence-corrected chi connectivity index (χ1v) is 9.80. The van der Waals surface area contributed by atoms with Gasteiger partial charge in [0.1, 0.15) is 11.6 Å². The monoisotopic (exact) mass is 390 g/mol. The Bertz CT molecular complexity index is 943. The number of amides is 1. The molecule has 1 amide bonds. The number of hydrogen-bond acceptors (Lipinski definition) is 4. The molecule has 0 aliphatic carbocycles. The SMILES string of the molecule is O=C(C[C@H](c1ccccc1)c1ccccc1F)N1CCN(c2cnccn2)CC1. The lowest BCUT2D eigenvalue weighted by molar-refractivity contribution is -0.131. The minimum Gasteiger partial charge on any atom is -0.352 e. The average Bonchev–Trinajstić information content (AvgIpc) is 2.79. The fraction of sp³-hybridized carbons (Fsp3) is 0.261. The van der Waals surface area contributed by atoms with E-state index in [1.165, 1.54) is 6.07 Å². The molecule has 1 aliphatic rings. The fourth-order valence-corrected chi connectivity index (χ4v) is 3.79. The molecule has 0 spiro atoms. The predicted octanol–water partition coefficient (Wildman–Crippen LogP) is 3.49. The standard InChI is InChI=1S/C23H23FN4O/c24-21-9-5-4-8-19(21)20(18-6-2-1-3-7-18)16-23(29)28-14-12-27(13-15-28)22-17-25-10-11-26-22/h1-11,17,20H,12-16H2/t20-/m1/s1. The maximum absolute atomic E-state index is 14.5. The van der Waals surface area contributed by atoms with Gasteiger partial charge < -0.3 is 9.80 Å². The van der Waals surface area contributed by atoms with E-state index in [0.29, 0.717) is 31.7 Å². The Morgan fingerprint density at radius 2 is 1.69 bits per heavy atom. The number of carbonyl (C=O) groups is 1. The molecular formula is C23H23FN4O. The fourth-order valence-electron chi connectivity index (χ4n) is 3.79. The van der Waals surface area contributed by atoms with Crippen LogP contribution in [0.4, 0.5) is 10.2 Å². The summed E-state index contributed by atoms with van der Waals surface area (Å²) in [6.07, 6.45) is 5.30. The molecule has 1 atom stereocenters. The number of aromatic nitrogens is 2. The van der Waals surface area contributed by atoms with Crippen LogP contribution in [0.2, 0.25) is 0 Å². The second-order valence-electron chi connectivity index (χ2n) is 7.12. The Labute approximate surface area is 169 Å². The van der Waals surface area contributed by atoms with Gasteiger partial charge in [0.15, 0.2) is 0 Å². The van der Waals surface area contributed by atoms with Crippen molar-refractivity contribution in [3.8, 4) is 0 Å². The molecule has 0 saturated carbocycles. The maximum Gasteiger partial charge on any atom is 0.223 e. The predicted molar refractivity (Wildman–Crippen MR) is 110 cm³/mol. The highest BCUT2D eigenvalue weighted by molar-refractivity contribution is 5.78. The van der Waals surface area contributed by atoms with E-state index < -0.39 is 0 Å². The Morgan fingerprint density at radius 3 is 2.38 bits per heavy atom. The van der Waals surface area contributed by atoms with Gasteiger partial charge in [-0.15, -0.1) is 0 Å². The van der Waals surface area contributed by atoms with Gasteiger partial charge in [0.25, 0.3) is 0 Å². The van der Waals surface area contributed by atoms with Crippen molar-refractivity contribution < 1.29 is 9.18 Å². The van der Waals surface area contributed by atoms with E-state index in [2.05, 4.69) is 14.9 Å². The molecule has 0 bridgehead atoms. The van der Waals surface area contributed by atoms with Crippen LogP contribution in [-0.2, 0) is 4.79 Å². The zero-order valence-electron chi connectivity index (χ0n) is 16.1. The van der Waals surface area contributed by atoms with Gasteiger partial charge in [-0.2, -0.15) is 0 Å². The van der Waals surface area contributed by atoms with Crippen LogP contribution in [0.15, 0.2) is 73.2 Å². The van der Waals surface area contributed by atoms with E-state index in [4.69, 9.17) is 0 Å². The second-order valence-corrected chi connectivity index (χ2v) is 7.12. The van der Waals surface area contributed by atoms with Gasteiger partial charge in [0.05, 0.1) is 6.20 Å². The van der Waals surface area contributed by atoms with Crippen molar-refractivity contribution in [3.63, 3.8) is 0 Å². The first kappa shape index (κ1) is 19.1. The van der Waals surface area contributed by atoms with Crippen LogP contribution in [0.1, 0.15) is 23.5 Å². The van der Waals surface area contributed by atoms with Crippen molar-refractivity contribution in [1.29, 1.82) is 0 Å². The number of carbonyl (C=O) groups excluding carboxylic acids is 1. The summed E-state index contributed by atoms with van der Waals surface area (Å²) in [7, 11) is 0. The molecule has 0 unspecified atom stereocenters. The van der Waals surface area contributed by atoms with E-state index in [0.717, 1.165) is 11.4 Å². The Hall–Kier alpha value is -3.28. The molecule has 4 rings (SSSR count). The first-order valence-electron chi connectivity index (χ1n) is 9.80. The number of nitrogens with zero attached hydrogens (tertiary/aromatic N) is 4. The van der Waals surface area contributed by atoms with E-state index in [9.17, 15) is 9.18 Å². The summed E-state index contributed by atoms with van der Waals surface area (Å²) in [6, 6.07) is 16.4. The average molecular weight is 390 g/mol. The summed E-state index contributed by atoms with van der Waals surface area (Å²) in [5.74, 6) is 0.290. The molecule has 0 radical (unpaired) electrons. The van der Waals surface area contributed by atoms with E-state index in [1.807, 2.05) is 41.3 Å². The molecule has 29 heavy (non-hydrogen) atoms. The number of piperazine rings is 1. The number of benzene rings is 2. The third kappa shape index (κ3) is 4.42. The Morgan fingerprint density at radius 1 is 0.966 bits per heavy atom. The topological polar surface area (TPSA) is 49.3 Å². The first-order chi connectivity index (χ1) is 14.2. The van der Waals surface area contributed by atoms with Gasteiger partial charge in [0.2, 0.25) is 5.91 Å². The van der Waals surface area contributed by atoms with Crippen molar-refractivity contribution in [3.05, 3.63) is 90.1 Å². The van der Waals surface area contributed by atoms with Gasteiger partial charge in [-0.05, 0) is 17.2 Å². The normalized spacial score (nSPS) is 15.2. The molecule has 0 N–H and O–H groups in total. The van der Waals surface area contributed by atoms with Crippen LogP contribution in [-0.4, -0.2) is 47.0 Å². The van der Waals surface area contributed by atoms with Crippen molar-refractivity contribution >= 4 is 11.7 Å². The summed E-state index contributed by atoms with van der Waals surface area (Å²) in [4.78, 5) is 25.5. The number of halogens is 1. The molecular weight excluding hydrogens is 367 g/mol. The summed E-state index contributed by atoms with van der Waals surface area (Å²) in [5.41, 5.74) is 1.51. The largest absolute Gasteiger partial charge is 0.352 e. The number of anilines is 1. The third-order valence-corrected chi connectivity index (χ3v) is 5.37. The second kappa shape index (κ2) is 8.82. The Kier molecular flexibility index (Phi) is 5.79. The lowest BCUT2D eigenvalue weighted by Crippen LogP contribution is -2.49. The van der Waals surface area contributed by atoms with Crippen molar-refractivity contribution in [2.24, 2.45) is 0 Å². The third-order valence-electron chi connectivity index (χ3n) is 5.37. The summed E-state index contributed by atoms with van der Waals surface area (Å²) in [6.45, 7) is 2.66. The van der Waals surface area contributed by atoms with Crippen LogP contribution in [0.5, 0.6) is 0 Å². The molecule has 148 valence electrons. The molecule has 1 aromatic heterocycles. The van der Waals surface area contributed by atoms with Crippen molar-refractivity contribution in [1.82, 2.24) is 14.9 Å². The van der Waals surface area contributed by atoms with Crippen LogP contribution < -0.4 is 4.90 Å². The molecule has 6 heteroatoms. The summed E-state index contributed by atoms with van der Waals surface area (Å²) < 4.78 is 14.5. The molecule has 1 saturated heterocycles. The van der Waals surface area contributed by atoms with E-state index in [1.54, 1.807) is 30.7 Å². The number of rotatable bonds is 5. The molecule has 2 aromatic carbocycles. The molecule has 3 aromatic rings. The highest BCUT2D eigenvalue weighted by atomic mass is 19.1. The molecule has 2 heterocycles. The molecule has 1 aliphatic heterocycles. The minimum absolute atomic E-state index is 0.0425. The highest BCUT2D eigenvalue weighted by Crippen LogP contribution is 2.30. The van der Waals surface area contributed by atoms with Crippen molar-refractivity contribution in [2.45, 2.75) is 12.3 Å². The van der Waals surface area contributed by atoms with Crippen LogP contribution in [0.25, 0.3) is 0 Å². The highest BCUT2D eigenvalue weighted by Gasteiger charge is 2.26. The minimum atomic E-state index is -0.303. The quantitative estimate of drug-likeness (QED) is 0.669. The van der Waals surface area contributed by atoms with E-state index >= 15 is 0 Å². The van der Waals surface area contributed by atoms with Gasteiger partial charge in [-0.3, -0.25) is 9.78 Å². The zero-order chi connectivity index (χ0) is 20.1. The molecule has 5 nitrogen and oxygen atoms in total. The van der Waals surface area contributed by atoms with Crippen LogP contribution >= 0.6 is 0 Å². The maximum atomic E-state index is 14.5. The van der Waals surface area contributed by atoms with Crippen LogP contribution in [0.3, 0.4) is 0 Å². The van der Waals surface area contributed by atoms with Gasteiger partial charge >= 0.3 is 0 Å². The van der Waals surface area contributed by atoms with Crippen molar-refractivity contribution in [2.75, 3.05) is 31.1 Å². The summed E-state index contributed by atoms with van der Waals surface area (Å²) in [5, 5.41) is 0. The van der Waals surface area contributed by atoms with E-state index in [-0.39, 0.29) is 24.1 Å².